The van der Waals surface area contributed by atoms with Crippen LogP contribution < -0.4 is 0 Å². The maximum absolute atomic E-state index is 12.2. The average Bonchev–Trinajstić information content (AvgIpc) is 3.22. The van der Waals surface area contributed by atoms with Gasteiger partial charge in [0.25, 0.3) is 0 Å². The van der Waals surface area contributed by atoms with Gasteiger partial charge < -0.3 is 9.52 Å². The first kappa shape index (κ1) is 18.9. The second-order valence-corrected chi connectivity index (χ2v) is 7.60. The van der Waals surface area contributed by atoms with Gasteiger partial charge in [-0.25, -0.2) is 14.8 Å². The molecule has 0 spiro atoms. The molecule has 0 aliphatic heterocycles. The predicted molar refractivity (Wildman–Crippen MR) is 122 cm³/mol. The van der Waals surface area contributed by atoms with Gasteiger partial charge in [0.15, 0.2) is 0 Å². The Bertz CT molecular complexity index is 1590. The van der Waals surface area contributed by atoms with E-state index in [1.165, 1.54) is 17.7 Å². The predicted octanol–water partition coefficient (Wildman–Crippen LogP) is 6.09. The minimum Gasteiger partial charge on any atom is -0.475 e. The first-order valence-electron chi connectivity index (χ1n) is 9.44. The maximum atomic E-state index is 12.2. The van der Waals surface area contributed by atoms with E-state index in [0.717, 1.165) is 21.0 Å². The van der Waals surface area contributed by atoms with Crippen LogP contribution in [-0.4, -0.2) is 26.0 Å². The number of hydrogen-bond donors (Lipinski definition) is 1. The molecule has 6 nitrogen and oxygen atoms in total. The third-order valence-corrected chi connectivity index (χ3v) is 5.71. The summed E-state index contributed by atoms with van der Waals surface area (Å²) in [6.45, 7) is 0. The lowest BCUT2D eigenvalue weighted by Gasteiger charge is -1.98. The lowest BCUT2D eigenvalue weighted by atomic mass is 10.1. The van der Waals surface area contributed by atoms with Gasteiger partial charge in [0.2, 0.25) is 11.5 Å². The van der Waals surface area contributed by atoms with E-state index in [2.05, 4.69) is 15.0 Å². The highest BCUT2D eigenvalue weighted by Gasteiger charge is 2.13. The molecule has 0 fully saturated rings. The van der Waals surface area contributed by atoms with Gasteiger partial charge in [0.1, 0.15) is 11.2 Å². The molecule has 31 heavy (non-hydrogen) atoms. The quantitative estimate of drug-likeness (QED) is 0.350. The van der Waals surface area contributed by atoms with Crippen LogP contribution in [0.2, 0.25) is 0 Å². The van der Waals surface area contributed by atoms with Gasteiger partial charge >= 0.3 is 5.97 Å². The molecule has 4 bridgehead atoms. The summed E-state index contributed by atoms with van der Waals surface area (Å²) in [7, 11) is 0. The van der Waals surface area contributed by atoms with E-state index in [-0.39, 0.29) is 11.5 Å². The summed E-state index contributed by atoms with van der Waals surface area (Å²) in [5.41, 5.74) is 0.219. The van der Waals surface area contributed by atoms with E-state index >= 15 is 0 Å². The fraction of sp³-hybridized carbons (Fsp3) is 0. The molecular formula is C24H15N3O3S. The number of carbonyl (C=O) groups is 1. The second-order valence-electron chi connectivity index (χ2n) is 6.74. The molecule has 150 valence electrons. The summed E-state index contributed by atoms with van der Waals surface area (Å²) in [6.07, 6.45) is 4.79. The minimum absolute atomic E-state index is 0.198. The van der Waals surface area contributed by atoms with Crippen LogP contribution in [0.3, 0.4) is 0 Å². The van der Waals surface area contributed by atoms with Crippen molar-refractivity contribution in [2.75, 3.05) is 0 Å². The highest BCUT2D eigenvalue weighted by Crippen LogP contribution is 2.31. The van der Waals surface area contributed by atoms with Crippen molar-refractivity contribution < 1.29 is 14.3 Å². The third-order valence-electron chi connectivity index (χ3n) is 4.82. The Labute approximate surface area is 180 Å². The minimum atomic E-state index is -1.18. The monoisotopic (exact) mass is 425 g/mol. The SMILES string of the molecule is O=C(O)c1oc2ncnc3scc(c4ccccnccc5cccc(c5)c1cc4)c23. The van der Waals surface area contributed by atoms with Gasteiger partial charge in [-0.15, -0.1) is 11.3 Å². The molecule has 0 aliphatic carbocycles. The van der Waals surface area contributed by atoms with Gasteiger partial charge in [0, 0.05) is 28.5 Å². The van der Waals surface area contributed by atoms with Crippen molar-refractivity contribution in [1.29, 1.82) is 0 Å². The summed E-state index contributed by atoms with van der Waals surface area (Å²) >= 11 is 1.45. The molecule has 1 N–H and O–H groups in total. The van der Waals surface area contributed by atoms with Crippen LogP contribution in [0.4, 0.5) is 0 Å². The normalized spacial score (nSPS) is 10.8. The van der Waals surface area contributed by atoms with Crippen LogP contribution >= 0.6 is 11.3 Å². The number of rotatable bonds is 1. The van der Waals surface area contributed by atoms with Gasteiger partial charge in [-0.3, -0.25) is 4.98 Å². The number of fused-ring (bicyclic) bond motifs is 7. The smallest absolute Gasteiger partial charge is 0.372 e. The van der Waals surface area contributed by atoms with Gasteiger partial charge in [-0.2, -0.15) is 0 Å². The van der Waals surface area contributed by atoms with Crippen LogP contribution in [0.25, 0.3) is 42.9 Å². The number of benzene rings is 1. The standard InChI is InChI=1S/C24H15N3O3S/c28-24(29)21-18-8-7-16(19-13-31-23-20(19)22(30-21)26-14-27-23)5-1-2-10-25-11-9-15-4-3-6-17(18)12-15/h1-14H,(H,28,29). The van der Waals surface area contributed by atoms with Gasteiger partial charge in [-0.05, 0) is 40.4 Å². The van der Waals surface area contributed by atoms with E-state index in [1.807, 2.05) is 60.0 Å². The van der Waals surface area contributed by atoms with E-state index in [1.54, 1.807) is 18.5 Å². The Kier molecular flexibility index (Phi) is 4.86. The molecule has 5 aromatic rings. The molecule has 0 unspecified atom stereocenters. The Hall–Kier alpha value is -4.10. The van der Waals surface area contributed by atoms with Crippen molar-refractivity contribution in [3.05, 3.63) is 90.5 Å². The maximum Gasteiger partial charge on any atom is 0.372 e. The number of thiophene rings is 1. The van der Waals surface area contributed by atoms with Crippen LogP contribution in [0.15, 0.2) is 89.2 Å². The molecule has 0 saturated heterocycles. The average molecular weight is 425 g/mol. The van der Waals surface area contributed by atoms with Crippen molar-refractivity contribution in [1.82, 2.24) is 15.0 Å². The molecular weight excluding hydrogens is 410 g/mol. The van der Waals surface area contributed by atoms with Crippen molar-refractivity contribution >= 4 is 60.2 Å². The number of nitrogens with zero attached hydrogens (tertiary/aromatic N) is 3. The first-order valence-corrected chi connectivity index (χ1v) is 10.3. The Balaban J connectivity index is 2.14. The first-order chi connectivity index (χ1) is 15.2. The highest BCUT2D eigenvalue weighted by molar-refractivity contribution is 7.17. The Morgan fingerprint density at radius 3 is 2.71 bits per heavy atom. The second kappa shape index (κ2) is 7.97. The topological polar surface area (TPSA) is 89.1 Å². The third kappa shape index (κ3) is 3.62. The van der Waals surface area contributed by atoms with Crippen LogP contribution in [-0.2, 0) is 0 Å². The molecule has 0 amide bonds. The summed E-state index contributed by atoms with van der Waals surface area (Å²) in [6, 6.07) is 18.7. The summed E-state index contributed by atoms with van der Waals surface area (Å²) in [5, 5.41) is 16.5. The van der Waals surface area contributed by atoms with E-state index in [4.69, 9.17) is 4.42 Å². The molecule has 4 aromatic heterocycles. The Morgan fingerprint density at radius 1 is 0.903 bits per heavy atom. The number of aromatic nitrogens is 3. The molecule has 0 radical (unpaired) electrons. The van der Waals surface area contributed by atoms with Crippen molar-refractivity contribution in [3.63, 3.8) is 0 Å². The summed E-state index contributed by atoms with van der Waals surface area (Å²) in [5.74, 6) is -1.38. The fourth-order valence-corrected chi connectivity index (χ4v) is 4.31. The zero-order chi connectivity index (χ0) is 21.2. The lowest BCUT2D eigenvalue weighted by molar-refractivity contribution is 0.0666. The molecule has 5 rings (SSSR count). The van der Waals surface area contributed by atoms with Crippen LogP contribution in [0, 0.1) is 0 Å². The number of carboxylic acids is 1. The zero-order valence-corrected chi connectivity index (χ0v) is 16.9. The van der Waals surface area contributed by atoms with Crippen LogP contribution in [0.1, 0.15) is 10.6 Å². The van der Waals surface area contributed by atoms with Crippen molar-refractivity contribution in [2.24, 2.45) is 0 Å². The molecule has 0 aliphatic rings. The number of aromatic carboxylic acids is 1. The molecule has 4 heterocycles. The summed E-state index contributed by atoms with van der Waals surface area (Å²) < 4.78 is 5.94. The van der Waals surface area contributed by atoms with Gasteiger partial charge in [-0.1, -0.05) is 36.4 Å². The van der Waals surface area contributed by atoms with Gasteiger partial charge in [0.05, 0.1) is 5.39 Å². The number of hydrogen-bond acceptors (Lipinski definition) is 6. The zero-order valence-electron chi connectivity index (χ0n) is 16.1. The van der Waals surface area contributed by atoms with E-state index < -0.39 is 5.97 Å². The molecule has 7 heteroatoms. The Morgan fingerprint density at radius 2 is 1.81 bits per heavy atom. The van der Waals surface area contributed by atoms with Crippen molar-refractivity contribution in [2.45, 2.75) is 0 Å². The van der Waals surface area contributed by atoms with Crippen molar-refractivity contribution in [3.8, 4) is 0 Å². The molecule has 1 aromatic carbocycles. The van der Waals surface area contributed by atoms with E-state index in [9.17, 15) is 9.90 Å². The lowest BCUT2D eigenvalue weighted by Crippen LogP contribution is -1.96. The van der Waals surface area contributed by atoms with E-state index in [0.29, 0.717) is 16.2 Å². The fourth-order valence-electron chi connectivity index (χ4n) is 3.41. The highest BCUT2D eigenvalue weighted by atomic mass is 32.1. The molecule has 0 atom stereocenters. The largest absolute Gasteiger partial charge is 0.475 e. The summed E-state index contributed by atoms with van der Waals surface area (Å²) in [4.78, 5) is 25.8. The number of carboxylic acid groups (broad SMARTS) is 1. The molecule has 0 saturated carbocycles. The van der Waals surface area contributed by atoms with Crippen LogP contribution in [0.5, 0.6) is 0 Å².